The first-order chi connectivity index (χ1) is 8.99. The highest BCUT2D eigenvalue weighted by Crippen LogP contribution is 2.10. The lowest BCUT2D eigenvalue weighted by atomic mass is 10.2. The number of hydrogen-bond acceptors (Lipinski definition) is 4. The number of aryl methyl sites for hydroxylation is 1. The van der Waals surface area contributed by atoms with Gasteiger partial charge in [0.1, 0.15) is 0 Å². The highest BCUT2D eigenvalue weighted by atomic mass is 32.2. The molecule has 4 nitrogen and oxygen atoms in total. The second-order valence-electron chi connectivity index (χ2n) is 4.07. The first-order valence-corrected chi connectivity index (χ1v) is 8.03. The minimum absolute atomic E-state index is 0.163. The standard InChI is InChI=1S/C13H13NO3S2/c1-10-2-4-12(5-3-10)19(16,17)14-8-13(15)11-6-7-18-9-11/h2-7,9,14H,8H2,1H3. The van der Waals surface area contributed by atoms with Crippen LogP contribution in [-0.4, -0.2) is 20.7 Å². The van der Waals surface area contributed by atoms with Crippen LogP contribution in [0.3, 0.4) is 0 Å². The van der Waals surface area contributed by atoms with Gasteiger partial charge in [-0.15, -0.1) is 0 Å². The van der Waals surface area contributed by atoms with E-state index in [1.54, 1.807) is 29.0 Å². The molecule has 0 atom stereocenters. The third-order valence-electron chi connectivity index (χ3n) is 2.60. The number of ketones is 1. The molecule has 0 fully saturated rings. The fraction of sp³-hybridized carbons (Fsp3) is 0.154. The van der Waals surface area contributed by atoms with Crippen LogP contribution in [0.15, 0.2) is 46.0 Å². The number of carbonyl (C=O) groups excluding carboxylic acids is 1. The summed E-state index contributed by atoms with van der Waals surface area (Å²) < 4.78 is 26.2. The van der Waals surface area contributed by atoms with Gasteiger partial charge in [0.05, 0.1) is 11.4 Å². The Morgan fingerprint density at radius 2 is 1.89 bits per heavy atom. The van der Waals surface area contributed by atoms with Crippen molar-refractivity contribution in [1.29, 1.82) is 0 Å². The Morgan fingerprint density at radius 1 is 1.21 bits per heavy atom. The summed E-state index contributed by atoms with van der Waals surface area (Å²) >= 11 is 1.40. The van der Waals surface area contributed by atoms with E-state index in [2.05, 4.69) is 4.72 Å². The molecule has 0 spiro atoms. The van der Waals surface area contributed by atoms with E-state index in [-0.39, 0.29) is 17.2 Å². The summed E-state index contributed by atoms with van der Waals surface area (Å²) in [6.45, 7) is 1.65. The molecule has 0 aliphatic rings. The van der Waals surface area contributed by atoms with Gasteiger partial charge >= 0.3 is 0 Å². The van der Waals surface area contributed by atoms with Crippen LogP contribution in [-0.2, 0) is 10.0 Å². The number of thiophene rings is 1. The van der Waals surface area contributed by atoms with Crippen LogP contribution >= 0.6 is 11.3 Å². The molecule has 0 bridgehead atoms. The zero-order chi connectivity index (χ0) is 13.9. The monoisotopic (exact) mass is 295 g/mol. The molecule has 0 unspecified atom stereocenters. The van der Waals surface area contributed by atoms with Crippen molar-refractivity contribution in [3.63, 3.8) is 0 Å². The first-order valence-electron chi connectivity index (χ1n) is 5.61. The molecule has 2 aromatic rings. The summed E-state index contributed by atoms with van der Waals surface area (Å²) in [7, 11) is -3.63. The van der Waals surface area contributed by atoms with Gasteiger partial charge in [0, 0.05) is 10.9 Å². The van der Waals surface area contributed by atoms with Crippen molar-refractivity contribution in [2.45, 2.75) is 11.8 Å². The summed E-state index contributed by atoms with van der Waals surface area (Å²) in [6, 6.07) is 8.15. The predicted molar refractivity (Wildman–Crippen MR) is 75.0 cm³/mol. The second kappa shape index (κ2) is 5.64. The van der Waals surface area contributed by atoms with Crippen molar-refractivity contribution in [3.8, 4) is 0 Å². The van der Waals surface area contributed by atoms with Crippen LogP contribution in [0, 0.1) is 6.92 Å². The molecule has 0 saturated heterocycles. The number of nitrogens with one attached hydrogen (secondary N) is 1. The molecular weight excluding hydrogens is 282 g/mol. The lowest BCUT2D eigenvalue weighted by Gasteiger charge is -2.06. The summed E-state index contributed by atoms with van der Waals surface area (Å²) in [5.74, 6) is -0.239. The van der Waals surface area contributed by atoms with Gasteiger partial charge in [-0.05, 0) is 30.5 Å². The number of hydrogen-bond donors (Lipinski definition) is 1. The van der Waals surface area contributed by atoms with Crippen molar-refractivity contribution < 1.29 is 13.2 Å². The van der Waals surface area contributed by atoms with Crippen molar-refractivity contribution in [2.75, 3.05) is 6.54 Å². The van der Waals surface area contributed by atoms with Crippen molar-refractivity contribution >= 4 is 27.1 Å². The first kappa shape index (κ1) is 13.9. The Kier molecular flexibility index (Phi) is 4.14. The molecule has 2 rings (SSSR count). The topological polar surface area (TPSA) is 63.2 Å². The maximum Gasteiger partial charge on any atom is 0.240 e. The average Bonchev–Trinajstić information content (AvgIpc) is 2.90. The Hall–Kier alpha value is -1.50. The Bertz CT molecular complexity index is 658. The highest BCUT2D eigenvalue weighted by molar-refractivity contribution is 7.89. The van der Waals surface area contributed by atoms with Gasteiger partial charge in [0.15, 0.2) is 5.78 Å². The van der Waals surface area contributed by atoms with Gasteiger partial charge < -0.3 is 0 Å². The number of carbonyl (C=O) groups is 1. The Labute approximate surface area is 116 Å². The lowest BCUT2D eigenvalue weighted by Crippen LogP contribution is -2.29. The van der Waals surface area contributed by atoms with E-state index >= 15 is 0 Å². The van der Waals surface area contributed by atoms with Crippen LogP contribution < -0.4 is 4.72 Å². The minimum Gasteiger partial charge on any atom is -0.293 e. The second-order valence-corrected chi connectivity index (χ2v) is 6.62. The van der Waals surface area contributed by atoms with Gasteiger partial charge in [-0.25, -0.2) is 13.1 Å². The zero-order valence-corrected chi connectivity index (χ0v) is 11.9. The van der Waals surface area contributed by atoms with Gasteiger partial charge in [-0.3, -0.25) is 4.79 Å². The van der Waals surface area contributed by atoms with Crippen molar-refractivity contribution in [1.82, 2.24) is 4.72 Å². The third kappa shape index (κ3) is 3.50. The maximum atomic E-state index is 12.0. The lowest BCUT2D eigenvalue weighted by molar-refractivity contribution is 0.0997. The molecule has 1 heterocycles. The molecule has 6 heteroatoms. The highest BCUT2D eigenvalue weighted by Gasteiger charge is 2.16. The molecule has 0 saturated carbocycles. The molecule has 1 N–H and O–H groups in total. The van der Waals surface area contributed by atoms with Crippen molar-refractivity contribution in [3.05, 3.63) is 52.2 Å². The van der Waals surface area contributed by atoms with E-state index in [0.717, 1.165) is 5.56 Å². The van der Waals surface area contributed by atoms with E-state index in [9.17, 15) is 13.2 Å². The van der Waals surface area contributed by atoms with Crippen LogP contribution in [0.2, 0.25) is 0 Å². The molecule has 100 valence electrons. The Balaban J connectivity index is 2.06. The van der Waals surface area contributed by atoms with E-state index in [4.69, 9.17) is 0 Å². The molecule has 1 aromatic heterocycles. The SMILES string of the molecule is Cc1ccc(S(=O)(=O)NCC(=O)c2ccsc2)cc1. The Morgan fingerprint density at radius 3 is 2.47 bits per heavy atom. The molecule has 0 aliphatic carbocycles. The van der Waals surface area contributed by atoms with Crippen molar-refractivity contribution in [2.24, 2.45) is 0 Å². The molecule has 0 aliphatic heterocycles. The van der Waals surface area contributed by atoms with E-state index in [0.29, 0.717) is 5.56 Å². The van der Waals surface area contributed by atoms with Crippen LogP contribution in [0.5, 0.6) is 0 Å². The largest absolute Gasteiger partial charge is 0.293 e. The predicted octanol–water partition coefficient (Wildman–Crippen LogP) is 2.22. The van der Waals surface area contributed by atoms with Gasteiger partial charge in [-0.2, -0.15) is 11.3 Å². The van der Waals surface area contributed by atoms with E-state index in [1.807, 2.05) is 6.92 Å². The maximum absolute atomic E-state index is 12.0. The molecule has 19 heavy (non-hydrogen) atoms. The number of rotatable bonds is 5. The normalized spacial score (nSPS) is 11.4. The number of sulfonamides is 1. The molecule has 0 radical (unpaired) electrons. The van der Waals surface area contributed by atoms with Gasteiger partial charge in [0.25, 0.3) is 0 Å². The average molecular weight is 295 g/mol. The summed E-state index contributed by atoms with van der Waals surface area (Å²) in [6.07, 6.45) is 0. The van der Waals surface area contributed by atoms with Crippen LogP contribution in [0.4, 0.5) is 0 Å². The fourth-order valence-corrected chi connectivity index (χ4v) is 3.13. The number of Topliss-reactive ketones (excluding diaryl/α,β-unsaturated/α-hetero) is 1. The quantitative estimate of drug-likeness (QED) is 0.860. The van der Waals surface area contributed by atoms with Gasteiger partial charge in [-0.1, -0.05) is 17.7 Å². The zero-order valence-electron chi connectivity index (χ0n) is 10.3. The molecule has 0 amide bonds. The van der Waals surface area contributed by atoms with E-state index in [1.165, 1.54) is 23.5 Å². The molecular formula is C13H13NO3S2. The summed E-state index contributed by atoms with van der Waals surface area (Å²) in [5.41, 5.74) is 1.50. The summed E-state index contributed by atoms with van der Waals surface area (Å²) in [4.78, 5) is 11.9. The minimum atomic E-state index is -3.63. The summed E-state index contributed by atoms with van der Waals surface area (Å²) in [5, 5.41) is 3.48. The third-order valence-corrected chi connectivity index (χ3v) is 4.70. The smallest absolute Gasteiger partial charge is 0.240 e. The van der Waals surface area contributed by atoms with Crippen LogP contribution in [0.25, 0.3) is 0 Å². The fourth-order valence-electron chi connectivity index (χ4n) is 1.49. The number of benzene rings is 1. The van der Waals surface area contributed by atoms with Gasteiger partial charge in [0.2, 0.25) is 10.0 Å². The molecule has 1 aromatic carbocycles. The van der Waals surface area contributed by atoms with E-state index < -0.39 is 10.0 Å². The van der Waals surface area contributed by atoms with Crippen LogP contribution in [0.1, 0.15) is 15.9 Å².